The van der Waals surface area contributed by atoms with Gasteiger partial charge >= 0.3 is 0 Å². The average molecular weight is 268 g/mol. The summed E-state index contributed by atoms with van der Waals surface area (Å²) in [7, 11) is 0. The van der Waals surface area contributed by atoms with Crippen molar-refractivity contribution in [3.63, 3.8) is 0 Å². The summed E-state index contributed by atoms with van der Waals surface area (Å²) in [5.74, 6) is -1.66. The number of rotatable bonds is 3. The molecule has 2 aliphatic heterocycles. The minimum atomic E-state index is -1.44. The Bertz CT molecular complexity index is 390. The molecule has 0 aromatic heterocycles. The zero-order valence-electron chi connectivity index (χ0n) is 12.2. The van der Waals surface area contributed by atoms with Crippen molar-refractivity contribution in [2.45, 2.75) is 63.6 Å². The maximum atomic E-state index is 10.5. The molecule has 2 heterocycles. The highest BCUT2D eigenvalue weighted by Gasteiger charge is 2.47. The summed E-state index contributed by atoms with van der Waals surface area (Å²) in [5.41, 5.74) is -0.827. The molecule has 4 heteroatoms. The fourth-order valence-corrected chi connectivity index (χ4v) is 2.44. The van der Waals surface area contributed by atoms with E-state index in [2.05, 4.69) is 6.58 Å². The van der Waals surface area contributed by atoms with Crippen LogP contribution in [0.2, 0.25) is 0 Å². The van der Waals surface area contributed by atoms with E-state index in [1.54, 1.807) is 6.08 Å². The van der Waals surface area contributed by atoms with Gasteiger partial charge in [-0.15, -0.1) is 6.58 Å². The molecule has 108 valence electrons. The van der Waals surface area contributed by atoms with Gasteiger partial charge in [-0.2, -0.15) is 4.89 Å². The van der Waals surface area contributed by atoms with Crippen LogP contribution in [0.1, 0.15) is 40.5 Å². The van der Waals surface area contributed by atoms with Crippen molar-refractivity contribution in [3.8, 4) is 0 Å². The molecule has 0 amide bonds. The lowest BCUT2D eigenvalue weighted by molar-refractivity contribution is -0.454. The molecule has 1 fully saturated rings. The Morgan fingerprint density at radius 1 is 1.32 bits per heavy atom. The summed E-state index contributed by atoms with van der Waals surface area (Å²) in [6, 6.07) is 0. The van der Waals surface area contributed by atoms with Gasteiger partial charge in [-0.05, 0) is 45.8 Å². The van der Waals surface area contributed by atoms with Crippen LogP contribution in [0, 0.1) is 5.92 Å². The minimum absolute atomic E-state index is 0.0811. The first-order valence-corrected chi connectivity index (χ1v) is 6.81. The van der Waals surface area contributed by atoms with Gasteiger partial charge in [0.05, 0.1) is 11.7 Å². The van der Waals surface area contributed by atoms with Crippen LogP contribution in [0.3, 0.4) is 0 Å². The monoisotopic (exact) mass is 268 g/mol. The topological polar surface area (TPSA) is 47.9 Å². The van der Waals surface area contributed by atoms with E-state index >= 15 is 0 Å². The molecule has 0 spiro atoms. The third-order valence-electron chi connectivity index (χ3n) is 4.10. The Kier molecular flexibility index (Phi) is 3.64. The minimum Gasteiger partial charge on any atom is -0.367 e. The molecule has 1 saturated heterocycles. The summed E-state index contributed by atoms with van der Waals surface area (Å²) >= 11 is 0. The Labute approximate surface area is 115 Å². The predicted octanol–water partition coefficient (Wildman–Crippen LogP) is 2.73. The zero-order valence-corrected chi connectivity index (χ0v) is 12.2. The zero-order chi connectivity index (χ0) is 14.3. The molecule has 2 rings (SSSR count). The standard InChI is InChI=1S/C15H24O4/c1-6-14(5)8-7-12(17-14)11(2)15(16)10-9-13(3,4)18-19-15/h6,9-12,16H,1,7-8H2,2-5H3/t11-,12-,14-,15-/m0/s1. The molecule has 4 nitrogen and oxygen atoms in total. The van der Waals surface area contributed by atoms with E-state index in [0.29, 0.717) is 0 Å². The number of hydrogen-bond donors (Lipinski definition) is 1. The smallest absolute Gasteiger partial charge is 0.223 e. The van der Waals surface area contributed by atoms with Crippen molar-refractivity contribution in [2.75, 3.05) is 0 Å². The predicted molar refractivity (Wildman–Crippen MR) is 72.2 cm³/mol. The SMILES string of the molecule is C=C[C@@]1(C)CC[C@@H]([C@H](C)[C@]2(O)C=CC(C)(C)OO2)O1. The van der Waals surface area contributed by atoms with Crippen LogP contribution in [0.4, 0.5) is 0 Å². The quantitative estimate of drug-likeness (QED) is 0.631. The molecule has 0 unspecified atom stereocenters. The second-order valence-electron chi connectivity index (χ2n) is 6.36. The lowest BCUT2D eigenvalue weighted by Crippen LogP contribution is -2.48. The van der Waals surface area contributed by atoms with Crippen LogP contribution >= 0.6 is 0 Å². The first kappa shape index (κ1) is 14.7. The van der Waals surface area contributed by atoms with Crippen LogP contribution in [-0.4, -0.2) is 28.2 Å². The first-order valence-electron chi connectivity index (χ1n) is 6.81. The van der Waals surface area contributed by atoms with Crippen LogP contribution in [-0.2, 0) is 14.5 Å². The first-order chi connectivity index (χ1) is 8.70. The molecule has 19 heavy (non-hydrogen) atoms. The van der Waals surface area contributed by atoms with Gasteiger partial charge in [0.2, 0.25) is 5.79 Å². The van der Waals surface area contributed by atoms with Gasteiger partial charge in [0.25, 0.3) is 0 Å². The van der Waals surface area contributed by atoms with Gasteiger partial charge in [-0.1, -0.05) is 13.0 Å². The Morgan fingerprint density at radius 2 is 2.00 bits per heavy atom. The fourth-order valence-electron chi connectivity index (χ4n) is 2.44. The third-order valence-corrected chi connectivity index (χ3v) is 4.10. The van der Waals surface area contributed by atoms with E-state index in [9.17, 15) is 5.11 Å². The van der Waals surface area contributed by atoms with Gasteiger partial charge in [0.15, 0.2) is 0 Å². The molecular formula is C15H24O4. The highest BCUT2D eigenvalue weighted by Crippen LogP contribution is 2.40. The van der Waals surface area contributed by atoms with E-state index in [0.717, 1.165) is 12.8 Å². The summed E-state index contributed by atoms with van der Waals surface area (Å²) in [6.07, 6.45) is 6.98. The van der Waals surface area contributed by atoms with Gasteiger partial charge < -0.3 is 9.84 Å². The molecule has 4 atom stereocenters. The summed E-state index contributed by atoms with van der Waals surface area (Å²) in [5, 5.41) is 10.5. The average Bonchev–Trinajstić information content (AvgIpc) is 2.76. The lowest BCUT2D eigenvalue weighted by Gasteiger charge is -2.39. The van der Waals surface area contributed by atoms with Crippen molar-refractivity contribution in [1.82, 2.24) is 0 Å². The summed E-state index contributed by atoms with van der Waals surface area (Å²) < 4.78 is 5.98. The van der Waals surface area contributed by atoms with Crippen molar-refractivity contribution >= 4 is 0 Å². The van der Waals surface area contributed by atoms with Crippen LogP contribution in [0.5, 0.6) is 0 Å². The van der Waals surface area contributed by atoms with Gasteiger partial charge in [0, 0.05) is 5.92 Å². The molecule has 1 N–H and O–H groups in total. The second kappa shape index (κ2) is 4.70. The Morgan fingerprint density at radius 3 is 2.47 bits per heavy atom. The maximum absolute atomic E-state index is 10.5. The molecule has 0 bridgehead atoms. The van der Waals surface area contributed by atoms with E-state index in [-0.39, 0.29) is 17.6 Å². The number of hydrogen-bond acceptors (Lipinski definition) is 4. The van der Waals surface area contributed by atoms with Crippen molar-refractivity contribution in [2.24, 2.45) is 5.92 Å². The highest BCUT2D eigenvalue weighted by atomic mass is 17.2. The van der Waals surface area contributed by atoms with Gasteiger partial charge in [0.1, 0.15) is 5.60 Å². The Hall–Kier alpha value is -0.680. The van der Waals surface area contributed by atoms with E-state index < -0.39 is 11.4 Å². The van der Waals surface area contributed by atoms with Crippen molar-refractivity contribution in [3.05, 3.63) is 24.8 Å². The molecular weight excluding hydrogens is 244 g/mol. The van der Waals surface area contributed by atoms with Gasteiger partial charge in [-0.3, -0.25) is 0 Å². The fraction of sp³-hybridized carbons (Fsp3) is 0.733. The molecule has 0 saturated carbocycles. The van der Waals surface area contributed by atoms with Crippen LogP contribution in [0.25, 0.3) is 0 Å². The second-order valence-corrected chi connectivity index (χ2v) is 6.36. The lowest BCUT2D eigenvalue weighted by atomic mass is 9.90. The Balaban J connectivity index is 2.09. The van der Waals surface area contributed by atoms with Crippen molar-refractivity contribution in [1.29, 1.82) is 0 Å². The molecule has 0 aliphatic carbocycles. The number of aliphatic hydroxyl groups is 1. The summed E-state index contributed by atoms with van der Waals surface area (Å²) in [6.45, 7) is 11.5. The highest BCUT2D eigenvalue weighted by molar-refractivity contribution is 5.09. The molecule has 0 radical (unpaired) electrons. The third kappa shape index (κ3) is 2.92. The largest absolute Gasteiger partial charge is 0.367 e. The van der Waals surface area contributed by atoms with E-state index in [1.165, 1.54) is 0 Å². The van der Waals surface area contributed by atoms with Crippen molar-refractivity contribution < 1.29 is 19.6 Å². The molecule has 2 aliphatic rings. The molecule has 0 aromatic carbocycles. The van der Waals surface area contributed by atoms with E-state index in [1.807, 2.05) is 39.8 Å². The maximum Gasteiger partial charge on any atom is 0.223 e. The number of ether oxygens (including phenoxy) is 1. The normalized spacial score (nSPS) is 43.1. The molecule has 0 aromatic rings. The summed E-state index contributed by atoms with van der Waals surface area (Å²) in [4.78, 5) is 10.4. The van der Waals surface area contributed by atoms with Gasteiger partial charge in [-0.25, -0.2) is 4.89 Å². The van der Waals surface area contributed by atoms with Crippen LogP contribution < -0.4 is 0 Å². The van der Waals surface area contributed by atoms with E-state index in [4.69, 9.17) is 14.5 Å². The van der Waals surface area contributed by atoms with Crippen LogP contribution in [0.15, 0.2) is 24.8 Å².